The first-order chi connectivity index (χ1) is 7.83. The fraction of sp³-hybridized carbons (Fsp3) is 0.273. The molecule has 84 valence electrons. The Hall–Kier alpha value is -1.33. The first kappa shape index (κ1) is 11.2. The summed E-state index contributed by atoms with van der Waals surface area (Å²) in [5.74, 6) is 0. The standard InChI is InChI=1S/C11H13N3OS/c1-16-11-4-2-10(3-5-11)14-8-9(6-7-15)12-13-14/h2-5,8,15H,6-7H2,1H3. The minimum atomic E-state index is 0.101. The molecule has 1 heterocycles. The van der Waals surface area contributed by atoms with E-state index in [4.69, 9.17) is 5.11 Å². The van der Waals surface area contributed by atoms with Crippen molar-refractivity contribution in [2.45, 2.75) is 11.3 Å². The molecule has 0 bridgehead atoms. The van der Waals surface area contributed by atoms with Crippen LogP contribution in [0.25, 0.3) is 5.69 Å². The summed E-state index contributed by atoms with van der Waals surface area (Å²) in [7, 11) is 0. The lowest BCUT2D eigenvalue weighted by Crippen LogP contribution is -1.94. The van der Waals surface area contributed by atoms with Crippen LogP contribution in [0.4, 0.5) is 0 Å². The fourth-order valence-corrected chi connectivity index (χ4v) is 1.80. The van der Waals surface area contributed by atoms with E-state index in [0.29, 0.717) is 6.42 Å². The average Bonchev–Trinajstić information content (AvgIpc) is 2.78. The second-order valence-electron chi connectivity index (χ2n) is 3.33. The van der Waals surface area contributed by atoms with Crippen LogP contribution in [-0.4, -0.2) is 33.0 Å². The van der Waals surface area contributed by atoms with E-state index in [1.165, 1.54) is 4.90 Å². The van der Waals surface area contributed by atoms with Gasteiger partial charge in [0.1, 0.15) is 0 Å². The van der Waals surface area contributed by atoms with E-state index >= 15 is 0 Å². The van der Waals surface area contributed by atoms with Crippen LogP contribution in [0.15, 0.2) is 35.4 Å². The predicted molar refractivity (Wildman–Crippen MR) is 63.9 cm³/mol. The van der Waals surface area contributed by atoms with Gasteiger partial charge < -0.3 is 5.11 Å². The Labute approximate surface area is 98.3 Å². The fourth-order valence-electron chi connectivity index (χ4n) is 1.39. The van der Waals surface area contributed by atoms with Crippen LogP contribution >= 0.6 is 11.8 Å². The number of benzene rings is 1. The van der Waals surface area contributed by atoms with E-state index < -0.39 is 0 Å². The summed E-state index contributed by atoms with van der Waals surface area (Å²) in [4.78, 5) is 1.22. The summed E-state index contributed by atoms with van der Waals surface area (Å²) in [5, 5.41) is 16.8. The Morgan fingerprint density at radius 3 is 2.69 bits per heavy atom. The van der Waals surface area contributed by atoms with Crippen LogP contribution in [0.2, 0.25) is 0 Å². The van der Waals surface area contributed by atoms with E-state index in [1.807, 2.05) is 36.7 Å². The Bertz CT molecular complexity index is 453. The highest BCUT2D eigenvalue weighted by molar-refractivity contribution is 7.98. The van der Waals surface area contributed by atoms with Crippen molar-refractivity contribution >= 4 is 11.8 Å². The van der Waals surface area contributed by atoms with E-state index in [0.717, 1.165) is 11.4 Å². The van der Waals surface area contributed by atoms with Gasteiger partial charge in [-0.05, 0) is 30.5 Å². The molecule has 0 saturated carbocycles. The maximum atomic E-state index is 8.79. The van der Waals surface area contributed by atoms with E-state index in [2.05, 4.69) is 10.3 Å². The maximum absolute atomic E-state index is 8.79. The Morgan fingerprint density at radius 2 is 2.06 bits per heavy atom. The number of nitrogens with zero attached hydrogens (tertiary/aromatic N) is 3. The van der Waals surface area contributed by atoms with Crippen molar-refractivity contribution in [1.29, 1.82) is 0 Å². The molecule has 16 heavy (non-hydrogen) atoms. The van der Waals surface area contributed by atoms with Gasteiger partial charge in [0.25, 0.3) is 0 Å². The SMILES string of the molecule is CSc1ccc(-n2cc(CCO)nn2)cc1. The lowest BCUT2D eigenvalue weighted by atomic mass is 10.3. The molecular weight excluding hydrogens is 222 g/mol. The van der Waals surface area contributed by atoms with Crippen LogP contribution in [0.1, 0.15) is 5.69 Å². The summed E-state index contributed by atoms with van der Waals surface area (Å²) in [6.07, 6.45) is 4.43. The van der Waals surface area contributed by atoms with E-state index in [9.17, 15) is 0 Å². The van der Waals surface area contributed by atoms with Gasteiger partial charge in [-0.25, -0.2) is 4.68 Å². The topological polar surface area (TPSA) is 50.9 Å². The first-order valence-corrected chi connectivity index (χ1v) is 6.22. The van der Waals surface area contributed by atoms with Crippen molar-refractivity contribution in [1.82, 2.24) is 15.0 Å². The zero-order chi connectivity index (χ0) is 11.4. The molecule has 0 radical (unpaired) electrons. The highest BCUT2D eigenvalue weighted by atomic mass is 32.2. The number of hydrogen-bond acceptors (Lipinski definition) is 4. The number of hydrogen-bond donors (Lipinski definition) is 1. The van der Waals surface area contributed by atoms with Gasteiger partial charge >= 0.3 is 0 Å². The maximum Gasteiger partial charge on any atom is 0.0854 e. The molecule has 0 aliphatic heterocycles. The van der Waals surface area contributed by atoms with Gasteiger partial charge in [0.05, 0.1) is 17.6 Å². The van der Waals surface area contributed by atoms with Crippen molar-refractivity contribution in [2.75, 3.05) is 12.9 Å². The third-order valence-electron chi connectivity index (χ3n) is 2.25. The molecule has 1 N–H and O–H groups in total. The second-order valence-corrected chi connectivity index (χ2v) is 4.21. The van der Waals surface area contributed by atoms with Crippen molar-refractivity contribution in [3.05, 3.63) is 36.2 Å². The van der Waals surface area contributed by atoms with Gasteiger partial charge in [-0.3, -0.25) is 0 Å². The predicted octanol–water partition coefficient (Wildman–Crippen LogP) is 1.52. The number of rotatable bonds is 4. The molecule has 0 fully saturated rings. The Morgan fingerprint density at radius 1 is 1.31 bits per heavy atom. The van der Waals surface area contributed by atoms with Crippen molar-refractivity contribution in [3.8, 4) is 5.69 Å². The molecule has 1 aromatic heterocycles. The van der Waals surface area contributed by atoms with Gasteiger partial charge in [0.2, 0.25) is 0 Å². The summed E-state index contributed by atoms with van der Waals surface area (Å²) < 4.78 is 1.72. The normalized spacial score (nSPS) is 10.6. The van der Waals surface area contributed by atoms with Crippen LogP contribution in [-0.2, 0) is 6.42 Å². The molecule has 1 aromatic carbocycles. The summed E-state index contributed by atoms with van der Waals surface area (Å²) in [6, 6.07) is 8.10. The molecule has 0 spiro atoms. The van der Waals surface area contributed by atoms with Crippen LogP contribution in [0.3, 0.4) is 0 Å². The van der Waals surface area contributed by atoms with Gasteiger partial charge in [-0.2, -0.15) is 0 Å². The van der Waals surface area contributed by atoms with Crippen LogP contribution in [0.5, 0.6) is 0 Å². The number of aliphatic hydroxyl groups is 1. The number of aromatic nitrogens is 3. The Balaban J connectivity index is 2.21. The summed E-state index contributed by atoms with van der Waals surface area (Å²) in [6.45, 7) is 0.101. The smallest absolute Gasteiger partial charge is 0.0854 e. The van der Waals surface area contributed by atoms with E-state index in [1.54, 1.807) is 16.4 Å². The van der Waals surface area contributed by atoms with Crippen LogP contribution < -0.4 is 0 Å². The molecule has 0 atom stereocenters. The van der Waals surface area contributed by atoms with Crippen LogP contribution in [0, 0.1) is 0 Å². The minimum Gasteiger partial charge on any atom is -0.396 e. The van der Waals surface area contributed by atoms with Gasteiger partial charge in [0, 0.05) is 17.9 Å². The highest BCUT2D eigenvalue weighted by Crippen LogP contribution is 2.16. The molecule has 2 rings (SSSR count). The number of aliphatic hydroxyl groups excluding tert-OH is 1. The van der Waals surface area contributed by atoms with Crippen molar-refractivity contribution in [3.63, 3.8) is 0 Å². The molecular formula is C11H13N3OS. The van der Waals surface area contributed by atoms with Gasteiger partial charge in [0.15, 0.2) is 0 Å². The first-order valence-electron chi connectivity index (χ1n) is 5.00. The minimum absolute atomic E-state index is 0.101. The van der Waals surface area contributed by atoms with Gasteiger partial charge in [-0.1, -0.05) is 5.21 Å². The molecule has 0 unspecified atom stereocenters. The molecule has 5 heteroatoms. The number of thioether (sulfide) groups is 1. The Kier molecular flexibility index (Phi) is 3.58. The summed E-state index contributed by atoms with van der Waals surface area (Å²) >= 11 is 1.71. The highest BCUT2D eigenvalue weighted by Gasteiger charge is 2.02. The molecule has 2 aromatic rings. The second kappa shape index (κ2) is 5.14. The molecule has 0 saturated heterocycles. The molecule has 0 aliphatic rings. The van der Waals surface area contributed by atoms with Gasteiger partial charge in [-0.15, -0.1) is 16.9 Å². The van der Waals surface area contributed by atoms with E-state index in [-0.39, 0.29) is 6.61 Å². The quantitative estimate of drug-likeness (QED) is 0.816. The largest absolute Gasteiger partial charge is 0.396 e. The van der Waals surface area contributed by atoms with Crippen molar-refractivity contribution < 1.29 is 5.11 Å². The third-order valence-corrected chi connectivity index (χ3v) is 2.99. The lowest BCUT2D eigenvalue weighted by Gasteiger charge is -2.00. The molecule has 0 amide bonds. The zero-order valence-electron chi connectivity index (χ0n) is 9.00. The molecule has 0 aliphatic carbocycles. The van der Waals surface area contributed by atoms with Crippen molar-refractivity contribution in [2.24, 2.45) is 0 Å². The lowest BCUT2D eigenvalue weighted by molar-refractivity contribution is 0.298. The monoisotopic (exact) mass is 235 g/mol. The average molecular weight is 235 g/mol. The summed E-state index contributed by atoms with van der Waals surface area (Å²) in [5.41, 5.74) is 1.78. The molecule has 4 nitrogen and oxygen atoms in total. The third kappa shape index (κ3) is 2.43. The zero-order valence-corrected chi connectivity index (χ0v) is 9.81.